The molecule has 1 aromatic rings. The molecule has 0 unspecified atom stereocenters. The van der Waals surface area contributed by atoms with E-state index in [1.54, 1.807) is 6.07 Å². The third-order valence-electron chi connectivity index (χ3n) is 3.03. The Bertz CT molecular complexity index is 564. The van der Waals surface area contributed by atoms with E-state index in [0.29, 0.717) is 11.1 Å². The summed E-state index contributed by atoms with van der Waals surface area (Å²) in [4.78, 5) is -0.0899. The van der Waals surface area contributed by atoms with Gasteiger partial charge in [0.05, 0.1) is 11.6 Å². The SMILES string of the molecule is CCCCCCCCOc1c(Cl)cc(Br)cc1S(N)(=O)=O. The maximum atomic E-state index is 11.6. The van der Waals surface area contributed by atoms with Crippen LogP contribution in [0.15, 0.2) is 21.5 Å². The Morgan fingerprint density at radius 3 is 2.43 bits per heavy atom. The van der Waals surface area contributed by atoms with Crippen molar-refractivity contribution in [1.82, 2.24) is 0 Å². The molecule has 0 aromatic heterocycles. The van der Waals surface area contributed by atoms with Gasteiger partial charge in [0.1, 0.15) is 4.90 Å². The number of ether oxygens (including phenoxy) is 1. The van der Waals surface area contributed by atoms with E-state index >= 15 is 0 Å². The second-order valence-corrected chi connectivity index (χ2v) is 7.73. The molecule has 0 fully saturated rings. The molecule has 0 aliphatic heterocycles. The van der Waals surface area contributed by atoms with Crippen LogP contribution in [0.4, 0.5) is 0 Å². The first-order chi connectivity index (χ1) is 9.86. The van der Waals surface area contributed by atoms with E-state index in [4.69, 9.17) is 21.5 Å². The normalized spacial score (nSPS) is 11.6. The van der Waals surface area contributed by atoms with Gasteiger partial charge >= 0.3 is 0 Å². The lowest BCUT2D eigenvalue weighted by Crippen LogP contribution is -2.14. The number of nitrogens with two attached hydrogens (primary N) is 1. The van der Waals surface area contributed by atoms with Gasteiger partial charge in [-0.25, -0.2) is 13.6 Å². The number of unbranched alkanes of at least 4 members (excludes halogenated alkanes) is 5. The third-order valence-corrected chi connectivity index (χ3v) is 4.68. The number of primary sulfonamides is 1. The molecule has 120 valence electrons. The standard InChI is InChI=1S/C14H21BrClNO3S/c1-2-3-4-5-6-7-8-20-14-12(16)9-11(15)10-13(14)21(17,18)19/h9-10H,2-8H2,1H3,(H2,17,18,19). The summed E-state index contributed by atoms with van der Waals surface area (Å²) in [7, 11) is -3.87. The fraction of sp³-hybridized carbons (Fsp3) is 0.571. The summed E-state index contributed by atoms with van der Waals surface area (Å²) in [6.07, 6.45) is 6.75. The third kappa shape index (κ3) is 6.55. The largest absolute Gasteiger partial charge is 0.491 e. The van der Waals surface area contributed by atoms with E-state index in [1.165, 1.54) is 25.3 Å². The maximum Gasteiger partial charge on any atom is 0.241 e. The molecule has 0 aliphatic rings. The first kappa shape index (κ1) is 18.7. The van der Waals surface area contributed by atoms with E-state index in [-0.39, 0.29) is 15.7 Å². The summed E-state index contributed by atoms with van der Waals surface area (Å²) in [5.74, 6) is 0.135. The fourth-order valence-corrected chi connectivity index (χ4v) is 3.73. The van der Waals surface area contributed by atoms with Crippen LogP contribution in [0.1, 0.15) is 45.4 Å². The number of rotatable bonds is 9. The molecular weight excluding hydrogens is 378 g/mol. The fourth-order valence-electron chi connectivity index (χ4n) is 1.94. The molecule has 0 saturated heterocycles. The second kappa shape index (κ2) is 8.98. The molecule has 1 aromatic carbocycles. The smallest absolute Gasteiger partial charge is 0.241 e. The predicted octanol–water partition coefficient (Wildman–Crippen LogP) is 4.49. The van der Waals surface area contributed by atoms with Gasteiger partial charge in [-0.2, -0.15) is 0 Å². The van der Waals surface area contributed by atoms with Crippen LogP contribution in [-0.2, 0) is 10.0 Å². The Labute approximate surface area is 140 Å². The van der Waals surface area contributed by atoms with Gasteiger partial charge in [0, 0.05) is 4.47 Å². The Balaban J connectivity index is 2.63. The van der Waals surface area contributed by atoms with Gasteiger partial charge in [0.25, 0.3) is 0 Å². The summed E-state index contributed by atoms with van der Waals surface area (Å²) in [6, 6.07) is 2.99. The van der Waals surface area contributed by atoms with Crippen molar-refractivity contribution in [2.75, 3.05) is 6.61 Å². The van der Waals surface area contributed by atoms with Crippen molar-refractivity contribution in [3.05, 3.63) is 21.6 Å². The number of hydrogen-bond acceptors (Lipinski definition) is 3. The molecule has 7 heteroatoms. The first-order valence-corrected chi connectivity index (χ1v) is 9.72. The van der Waals surface area contributed by atoms with Crippen molar-refractivity contribution in [3.63, 3.8) is 0 Å². The van der Waals surface area contributed by atoms with E-state index in [9.17, 15) is 8.42 Å². The molecule has 4 nitrogen and oxygen atoms in total. The lowest BCUT2D eigenvalue weighted by molar-refractivity contribution is 0.297. The number of hydrogen-bond donors (Lipinski definition) is 1. The molecular formula is C14H21BrClNO3S. The van der Waals surface area contributed by atoms with Crippen LogP contribution in [0.2, 0.25) is 5.02 Å². The van der Waals surface area contributed by atoms with E-state index in [0.717, 1.165) is 19.3 Å². The molecule has 0 saturated carbocycles. The molecule has 1 rings (SSSR count). The molecule has 0 aliphatic carbocycles. The molecule has 21 heavy (non-hydrogen) atoms. The van der Waals surface area contributed by atoms with Gasteiger partial charge in [-0.1, -0.05) is 66.6 Å². The zero-order valence-electron chi connectivity index (χ0n) is 12.1. The van der Waals surface area contributed by atoms with Crippen LogP contribution < -0.4 is 9.88 Å². The van der Waals surface area contributed by atoms with Gasteiger partial charge in [-0.15, -0.1) is 0 Å². The topological polar surface area (TPSA) is 69.4 Å². The highest BCUT2D eigenvalue weighted by molar-refractivity contribution is 9.10. The predicted molar refractivity (Wildman–Crippen MR) is 89.4 cm³/mol. The molecule has 0 spiro atoms. The van der Waals surface area contributed by atoms with Gasteiger partial charge in [0.15, 0.2) is 5.75 Å². The van der Waals surface area contributed by atoms with E-state index in [1.807, 2.05) is 0 Å². The molecule has 0 heterocycles. The Kier molecular flexibility index (Phi) is 8.02. The number of benzene rings is 1. The summed E-state index contributed by atoms with van der Waals surface area (Å²) in [6.45, 7) is 2.60. The first-order valence-electron chi connectivity index (χ1n) is 7.01. The monoisotopic (exact) mass is 397 g/mol. The van der Waals surface area contributed by atoms with Crippen molar-refractivity contribution >= 4 is 37.6 Å². The van der Waals surface area contributed by atoms with Gasteiger partial charge in [-0.3, -0.25) is 0 Å². The zero-order valence-corrected chi connectivity index (χ0v) is 15.2. The minimum atomic E-state index is -3.87. The Morgan fingerprint density at radius 2 is 1.81 bits per heavy atom. The lowest BCUT2D eigenvalue weighted by atomic mass is 10.1. The molecule has 0 radical (unpaired) electrons. The highest BCUT2D eigenvalue weighted by Crippen LogP contribution is 2.35. The quantitative estimate of drug-likeness (QED) is 0.623. The van der Waals surface area contributed by atoms with Crippen molar-refractivity contribution in [2.24, 2.45) is 5.14 Å². The van der Waals surface area contributed by atoms with Crippen molar-refractivity contribution in [1.29, 1.82) is 0 Å². The average Bonchev–Trinajstić information content (AvgIpc) is 2.38. The van der Waals surface area contributed by atoms with Crippen LogP contribution in [-0.4, -0.2) is 15.0 Å². The van der Waals surface area contributed by atoms with Gasteiger partial charge in [-0.05, 0) is 18.6 Å². The number of halogens is 2. The molecule has 0 amide bonds. The molecule has 2 N–H and O–H groups in total. The minimum absolute atomic E-state index is 0.0899. The van der Waals surface area contributed by atoms with Crippen molar-refractivity contribution in [2.45, 2.75) is 50.3 Å². The number of sulfonamides is 1. The second-order valence-electron chi connectivity index (χ2n) is 4.88. The van der Waals surface area contributed by atoms with Gasteiger partial charge < -0.3 is 4.74 Å². The van der Waals surface area contributed by atoms with Crippen LogP contribution in [0.25, 0.3) is 0 Å². The summed E-state index contributed by atoms with van der Waals surface area (Å²) in [5.41, 5.74) is 0. The van der Waals surface area contributed by atoms with E-state index in [2.05, 4.69) is 22.9 Å². The van der Waals surface area contributed by atoms with Crippen molar-refractivity contribution < 1.29 is 13.2 Å². The summed E-state index contributed by atoms with van der Waals surface area (Å²) >= 11 is 9.24. The molecule has 0 atom stereocenters. The maximum absolute atomic E-state index is 11.6. The Hall–Kier alpha value is -0.300. The van der Waals surface area contributed by atoms with Gasteiger partial charge in [0.2, 0.25) is 10.0 Å². The highest BCUT2D eigenvalue weighted by Gasteiger charge is 2.19. The molecule has 0 bridgehead atoms. The minimum Gasteiger partial charge on any atom is -0.491 e. The highest BCUT2D eigenvalue weighted by atomic mass is 79.9. The summed E-state index contributed by atoms with van der Waals surface area (Å²) in [5, 5.41) is 5.43. The van der Waals surface area contributed by atoms with Crippen LogP contribution in [0.5, 0.6) is 5.75 Å². The van der Waals surface area contributed by atoms with Crippen LogP contribution in [0, 0.1) is 0 Å². The van der Waals surface area contributed by atoms with Crippen LogP contribution >= 0.6 is 27.5 Å². The van der Waals surface area contributed by atoms with E-state index < -0.39 is 10.0 Å². The van der Waals surface area contributed by atoms with Crippen molar-refractivity contribution in [3.8, 4) is 5.75 Å². The average molecular weight is 399 g/mol. The summed E-state index contributed by atoms with van der Waals surface area (Å²) < 4.78 is 29.3. The lowest BCUT2D eigenvalue weighted by Gasteiger charge is -2.12. The van der Waals surface area contributed by atoms with Crippen LogP contribution in [0.3, 0.4) is 0 Å². The zero-order chi connectivity index (χ0) is 15.9. The Morgan fingerprint density at radius 1 is 1.19 bits per heavy atom.